The molecule has 0 saturated heterocycles. The minimum absolute atomic E-state index is 0.307. The molecule has 1 aromatic rings. The van der Waals surface area contributed by atoms with Crippen LogP contribution in [-0.2, 0) is 9.63 Å². The Hall–Kier alpha value is -0.970. The third-order valence-electron chi connectivity index (χ3n) is 2.13. The van der Waals surface area contributed by atoms with Crippen molar-refractivity contribution in [1.29, 1.82) is 0 Å². The van der Waals surface area contributed by atoms with E-state index in [9.17, 15) is 4.79 Å². The summed E-state index contributed by atoms with van der Waals surface area (Å²) in [4.78, 5) is 16.4. The standard InChI is InChI=1S/C11H13Cl2NO3/c1-7(11(15)14(2)16-3)17-10-5-4-8(12)6-9(10)13/h4-7H,1-3H3/t7-/m0/s1. The zero-order valence-electron chi connectivity index (χ0n) is 9.74. The number of likely N-dealkylation sites (N-methyl/N-ethyl adjacent to an activating group) is 1. The van der Waals surface area contributed by atoms with Gasteiger partial charge in [-0.2, -0.15) is 0 Å². The fourth-order valence-corrected chi connectivity index (χ4v) is 1.61. The fourth-order valence-electron chi connectivity index (χ4n) is 1.16. The van der Waals surface area contributed by atoms with E-state index >= 15 is 0 Å². The van der Waals surface area contributed by atoms with Crippen LogP contribution in [-0.4, -0.2) is 31.2 Å². The van der Waals surface area contributed by atoms with Gasteiger partial charge in [-0.05, 0) is 25.1 Å². The van der Waals surface area contributed by atoms with Gasteiger partial charge in [-0.3, -0.25) is 9.63 Å². The predicted molar refractivity (Wildman–Crippen MR) is 66.3 cm³/mol. The monoisotopic (exact) mass is 277 g/mol. The van der Waals surface area contributed by atoms with Gasteiger partial charge in [0.15, 0.2) is 6.10 Å². The normalized spacial score (nSPS) is 12.1. The molecule has 0 aliphatic rings. The highest BCUT2D eigenvalue weighted by molar-refractivity contribution is 6.35. The first-order chi connectivity index (χ1) is 7.95. The first-order valence-corrected chi connectivity index (χ1v) is 5.64. The average Bonchev–Trinajstić information content (AvgIpc) is 2.30. The van der Waals surface area contributed by atoms with Crippen LogP contribution in [0, 0.1) is 0 Å². The lowest BCUT2D eigenvalue weighted by Gasteiger charge is -2.20. The van der Waals surface area contributed by atoms with Crippen molar-refractivity contribution in [2.45, 2.75) is 13.0 Å². The molecule has 0 aliphatic carbocycles. The van der Waals surface area contributed by atoms with Gasteiger partial charge in [0, 0.05) is 12.1 Å². The number of benzene rings is 1. The number of carbonyl (C=O) groups is 1. The average molecular weight is 278 g/mol. The van der Waals surface area contributed by atoms with Crippen LogP contribution in [0.2, 0.25) is 10.0 Å². The Kier molecular flexibility index (Phi) is 5.05. The van der Waals surface area contributed by atoms with Gasteiger partial charge in [-0.25, -0.2) is 5.06 Å². The number of hydrogen-bond donors (Lipinski definition) is 0. The Bertz CT molecular complexity index is 412. The fraction of sp³-hybridized carbons (Fsp3) is 0.364. The summed E-state index contributed by atoms with van der Waals surface area (Å²) in [6, 6.07) is 4.80. The number of hydroxylamine groups is 2. The lowest BCUT2D eigenvalue weighted by Crippen LogP contribution is -2.37. The van der Waals surface area contributed by atoms with Crippen LogP contribution < -0.4 is 4.74 Å². The first-order valence-electron chi connectivity index (χ1n) is 4.89. The summed E-state index contributed by atoms with van der Waals surface area (Å²) >= 11 is 11.7. The molecule has 0 N–H and O–H groups in total. The Balaban J connectivity index is 2.74. The number of rotatable bonds is 4. The summed E-state index contributed by atoms with van der Waals surface area (Å²) in [5, 5.41) is 1.96. The molecule has 0 saturated carbocycles. The Labute approximate surface area is 110 Å². The van der Waals surface area contributed by atoms with Gasteiger partial charge in [0.1, 0.15) is 5.75 Å². The van der Waals surface area contributed by atoms with Gasteiger partial charge in [-0.15, -0.1) is 0 Å². The second-order valence-electron chi connectivity index (χ2n) is 3.35. The van der Waals surface area contributed by atoms with Crippen LogP contribution in [0.25, 0.3) is 0 Å². The molecule has 4 nitrogen and oxygen atoms in total. The highest BCUT2D eigenvalue weighted by Gasteiger charge is 2.20. The van der Waals surface area contributed by atoms with E-state index in [-0.39, 0.29) is 5.91 Å². The summed E-state index contributed by atoms with van der Waals surface area (Å²) in [7, 11) is 2.91. The minimum Gasteiger partial charge on any atom is -0.479 e. The zero-order chi connectivity index (χ0) is 13.0. The molecule has 0 bridgehead atoms. The van der Waals surface area contributed by atoms with Gasteiger partial charge in [0.2, 0.25) is 0 Å². The molecule has 0 aromatic heterocycles. The maximum atomic E-state index is 11.7. The Morgan fingerprint density at radius 2 is 2.06 bits per heavy atom. The topological polar surface area (TPSA) is 38.8 Å². The SMILES string of the molecule is CON(C)C(=O)[C@H](C)Oc1ccc(Cl)cc1Cl. The number of amides is 1. The molecule has 1 aromatic carbocycles. The molecular formula is C11H13Cl2NO3. The number of nitrogens with zero attached hydrogens (tertiary/aromatic N) is 1. The lowest BCUT2D eigenvalue weighted by atomic mass is 10.3. The van der Waals surface area contributed by atoms with E-state index in [1.165, 1.54) is 14.2 Å². The molecule has 0 heterocycles. The molecule has 1 rings (SSSR count). The van der Waals surface area contributed by atoms with Crippen molar-refractivity contribution in [1.82, 2.24) is 5.06 Å². The summed E-state index contributed by atoms with van der Waals surface area (Å²) in [5.41, 5.74) is 0. The van der Waals surface area contributed by atoms with Crippen LogP contribution in [0.5, 0.6) is 5.75 Å². The minimum atomic E-state index is -0.696. The molecule has 0 aliphatic heterocycles. The van der Waals surface area contributed by atoms with Crippen molar-refractivity contribution in [2.24, 2.45) is 0 Å². The number of halogens is 2. The van der Waals surface area contributed by atoms with Crippen molar-refractivity contribution < 1.29 is 14.4 Å². The largest absolute Gasteiger partial charge is 0.479 e. The van der Waals surface area contributed by atoms with Crippen LogP contribution in [0.4, 0.5) is 0 Å². The molecule has 0 radical (unpaired) electrons. The maximum absolute atomic E-state index is 11.7. The third kappa shape index (κ3) is 3.77. The van der Waals surface area contributed by atoms with Crippen LogP contribution in [0.1, 0.15) is 6.92 Å². The van der Waals surface area contributed by atoms with Crippen molar-refractivity contribution in [3.63, 3.8) is 0 Å². The molecule has 6 heteroatoms. The van der Waals surface area contributed by atoms with E-state index in [1.807, 2.05) is 0 Å². The van der Waals surface area contributed by atoms with E-state index in [2.05, 4.69) is 0 Å². The quantitative estimate of drug-likeness (QED) is 0.795. The summed E-state index contributed by atoms with van der Waals surface area (Å²) in [6.07, 6.45) is -0.696. The third-order valence-corrected chi connectivity index (χ3v) is 2.66. The van der Waals surface area contributed by atoms with Crippen LogP contribution in [0.15, 0.2) is 18.2 Å². The predicted octanol–water partition coefficient (Wildman–Crippen LogP) is 2.78. The van der Waals surface area contributed by atoms with Gasteiger partial charge >= 0.3 is 0 Å². The molecule has 0 unspecified atom stereocenters. The second-order valence-corrected chi connectivity index (χ2v) is 4.20. The molecule has 0 fully saturated rings. The van der Waals surface area contributed by atoms with Crippen LogP contribution >= 0.6 is 23.2 Å². The van der Waals surface area contributed by atoms with Crippen molar-refractivity contribution in [3.05, 3.63) is 28.2 Å². The highest BCUT2D eigenvalue weighted by atomic mass is 35.5. The van der Waals surface area contributed by atoms with Crippen molar-refractivity contribution in [2.75, 3.05) is 14.2 Å². The lowest BCUT2D eigenvalue weighted by molar-refractivity contribution is -0.175. The van der Waals surface area contributed by atoms with Crippen molar-refractivity contribution in [3.8, 4) is 5.75 Å². The summed E-state index contributed by atoms with van der Waals surface area (Å²) < 4.78 is 5.42. The molecule has 17 heavy (non-hydrogen) atoms. The molecular weight excluding hydrogens is 265 g/mol. The summed E-state index contributed by atoms with van der Waals surface area (Å²) in [6.45, 7) is 1.61. The van der Waals surface area contributed by atoms with E-state index in [4.69, 9.17) is 32.8 Å². The van der Waals surface area contributed by atoms with E-state index in [1.54, 1.807) is 25.1 Å². The van der Waals surface area contributed by atoms with Gasteiger partial charge < -0.3 is 4.74 Å². The molecule has 1 amide bonds. The maximum Gasteiger partial charge on any atom is 0.286 e. The van der Waals surface area contributed by atoms with Gasteiger partial charge in [0.05, 0.1) is 12.1 Å². The molecule has 0 spiro atoms. The smallest absolute Gasteiger partial charge is 0.286 e. The van der Waals surface area contributed by atoms with Gasteiger partial charge in [0.25, 0.3) is 5.91 Å². The summed E-state index contributed by atoms with van der Waals surface area (Å²) in [5.74, 6) is 0.0972. The van der Waals surface area contributed by atoms with E-state index < -0.39 is 6.10 Å². The van der Waals surface area contributed by atoms with Crippen molar-refractivity contribution >= 4 is 29.1 Å². The second kappa shape index (κ2) is 6.10. The van der Waals surface area contributed by atoms with Crippen LogP contribution in [0.3, 0.4) is 0 Å². The van der Waals surface area contributed by atoms with Gasteiger partial charge in [-0.1, -0.05) is 23.2 Å². The highest BCUT2D eigenvalue weighted by Crippen LogP contribution is 2.28. The van der Waals surface area contributed by atoms with E-state index in [0.717, 1.165) is 5.06 Å². The first kappa shape index (κ1) is 14.1. The number of hydrogen-bond acceptors (Lipinski definition) is 3. The Morgan fingerprint density at radius 1 is 1.41 bits per heavy atom. The zero-order valence-corrected chi connectivity index (χ0v) is 11.2. The van der Waals surface area contributed by atoms with E-state index in [0.29, 0.717) is 15.8 Å². The molecule has 1 atom stereocenters. The Morgan fingerprint density at radius 3 is 2.59 bits per heavy atom. The number of carbonyl (C=O) groups excluding carboxylic acids is 1. The number of ether oxygens (including phenoxy) is 1. The molecule has 94 valence electrons.